The van der Waals surface area contributed by atoms with Crippen LogP contribution in [-0.2, 0) is 53.9 Å². The van der Waals surface area contributed by atoms with Crippen LogP contribution in [0.25, 0.3) is 10.9 Å². The van der Waals surface area contributed by atoms with Crippen molar-refractivity contribution in [1.29, 1.82) is 0 Å². The smallest absolute Gasteiger partial charge is 0.425 e. The lowest BCUT2D eigenvalue weighted by molar-refractivity contribution is -0.319. The quantitative estimate of drug-likeness (QED) is 0.166. The number of nitrogens with one attached hydrogen (secondary N) is 1. The molecule has 1 aromatic carbocycles. The van der Waals surface area contributed by atoms with Crippen LogP contribution in [0.3, 0.4) is 0 Å². The number of likely N-dealkylation sites (N-methyl/N-ethyl adjacent to an activating group) is 1. The third kappa shape index (κ3) is 10.9. The number of aliphatic hydroxyl groups is 2. The molecule has 17 nitrogen and oxygen atoms in total. The van der Waals surface area contributed by atoms with E-state index in [9.17, 15) is 19.8 Å². The van der Waals surface area contributed by atoms with Crippen LogP contribution in [0.1, 0.15) is 107 Å². The molecule has 6 rings (SSSR count). The number of aliphatic hydroxyl groups excluding tert-OH is 2. The molecule has 3 N–H and O–H groups in total. The summed E-state index contributed by atoms with van der Waals surface area (Å²) in [5, 5.41) is 25.4. The molecule has 0 saturated carbocycles. The van der Waals surface area contributed by atoms with Gasteiger partial charge in [-0.3, -0.25) is 14.6 Å². The minimum atomic E-state index is -1.47. The first-order valence-electron chi connectivity index (χ1n) is 24.6. The second kappa shape index (κ2) is 22.0. The molecule has 18 atom stereocenters. The van der Waals surface area contributed by atoms with Gasteiger partial charge >= 0.3 is 12.1 Å². The SMILES string of the molecule is CC[C@H]1OC(=O)[C@H](C)C(OC2C[C@](C)(OC)[C@@H](O)[C@H](C)O2)[C@H](C)[C@@H](O[C@@H]2O[C@H](C)C[C@H](N(C)C)[C@H]2O)[C@](C)(OC)C[C@@H](C)C(=O)[C@H](C)[C@H]2N(NCCCc3ccnc4ccccc34)C(=O)O[C@]12C. The lowest BCUT2D eigenvalue weighted by Gasteiger charge is -2.50. The molecule has 2 unspecified atom stereocenters. The van der Waals surface area contributed by atoms with Crippen molar-refractivity contribution in [2.24, 2.45) is 23.7 Å². The van der Waals surface area contributed by atoms with Crippen molar-refractivity contribution in [2.75, 3.05) is 34.9 Å². The standard InChI is InChI=1S/C51H80N4O13/c1-15-38-51(10)43(55(48(60)68-51)53-23-18-19-34-22-24-52-36-21-17-16-20-35(34)36)30(4)40(56)28(2)26-50(9,62-14)45(67-47-41(57)37(54(11)12)25-29(3)63-47)31(5)42(32(6)46(59)65-38)66-39-27-49(8,61-13)44(58)33(7)64-39/h16-17,20-22,24,28-33,37-39,41-45,47,53,57-58H,15,18-19,23,25-27H2,1-14H3/t28-,29-,30+,31+,32-,33+,37+,38-,39?,41-,42?,43-,44+,45-,47+,49+,50-,51-/m1/s1. The molecule has 382 valence electrons. The number of aromatic nitrogens is 1. The first-order valence-corrected chi connectivity index (χ1v) is 24.6. The van der Waals surface area contributed by atoms with Crippen molar-refractivity contribution in [1.82, 2.24) is 20.3 Å². The van der Waals surface area contributed by atoms with Crippen LogP contribution in [-0.4, -0.2) is 162 Å². The summed E-state index contributed by atoms with van der Waals surface area (Å²) in [5.41, 5.74) is 1.55. The third-order valence-electron chi connectivity index (χ3n) is 15.7. The highest BCUT2D eigenvalue weighted by atomic mass is 16.7. The third-order valence-corrected chi connectivity index (χ3v) is 15.7. The molecule has 5 heterocycles. The van der Waals surface area contributed by atoms with Crippen molar-refractivity contribution in [2.45, 2.75) is 192 Å². The van der Waals surface area contributed by atoms with Crippen LogP contribution in [0, 0.1) is 23.7 Å². The Kier molecular flexibility index (Phi) is 17.4. The average Bonchev–Trinajstić information content (AvgIpc) is 3.57. The average molecular weight is 957 g/mol. The number of methoxy groups -OCH3 is 2. The zero-order valence-corrected chi connectivity index (χ0v) is 42.8. The number of para-hydroxylation sites is 1. The molecular formula is C51H80N4O13. The number of carbonyl (C=O) groups excluding carboxylic acids is 3. The Morgan fingerprint density at radius 3 is 2.26 bits per heavy atom. The van der Waals surface area contributed by atoms with E-state index in [1.54, 1.807) is 47.9 Å². The summed E-state index contributed by atoms with van der Waals surface area (Å²) in [6, 6.07) is 8.76. The van der Waals surface area contributed by atoms with Gasteiger partial charge < -0.3 is 53.0 Å². The molecule has 2 aromatic rings. The first kappa shape index (κ1) is 54.0. The molecule has 4 saturated heterocycles. The Morgan fingerprint density at radius 1 is 0.912 bits per heavy atom. The molecule has 0 bridgehead atoms. The van der Waals surface area contributed by atoms with Gasteiger partial charge in [-0.15, -0.1) is 0 Å². The van der Waals surface area contributed by atoms with Crippen molar-refractivity contribution < 1.29 is 62.5 Å². The van der Waals surface area contributed by atoms with Gasteiger partial charge in [0, 0.05) is 62.6 Å². The number of aryl methyl sites for hydroxylation is 1. The summed E-state index contributed by atoms with van der Waals surface area (Å²) in [5.74, 6) is -4.03. The summed E-state index contributed by atoms with van der Waals surface area (Å²) in [7, 11) is 6.86. The number of cyclic esters (lactones) is 1. The topological polar surface area (TPSA) is 197 Å². The largest absolute Gasteiger partial charge is 0.458 e. The monoisotopic (exact) mass is 957 g/mol. The van der Waals surface area contributed by atoms with Crippen molar-refractivity contribution in [3.63, 3.8) is 0 Å². The summed E-state index contributed by atoms with van der Waals surface area (Å²) in [4.78, 5) is 50.6. The Bertz CT molecular complexity index is 2040. The van der Waals surface area contributed by atoms with Gasteiger partial charge in [0.2, 0.25) is 0 Å². The zero-order chi connectivity index (χ0) is 50.0. The number of ether oxygens (including phenoxy) is 8. The number of esters is 1. The normalized spacial score (nSPS) is 41.0. The van der Waals surface area contributed by atoms with Gasteiger partial charge in [0.15, 0.2) is 18.2 Å². The van der Waals surface area contributed by atoms with Gasteiger partial charge in [-0.25, -0.2) is 15.2 Å². The molecule has 0 aliphatic carbocycles. The van der Waals surface area contributed by atoms with Crippen molar-refractivity contribution in [3.8, 4) is 0 Å². The molecule has 1 aromatic heterocycles. The van der Waals surface area contributed by atoms with Crippen LogP contribution in [0.15, 0.2) is 36.5 Å². The number of hydrogen-bond donors (Lipinski definition) is 3. The molecule has 1 amide bonds. The van der Waals surface area contributed by atoms with Crippen molar-refractivity contribution >= 4 is 28.7 Å². The number of nitrogens with zero attached hydrogens (tertiary/aromatic N) is 3. The number of hydrogen-bond acceptors (Lipinski definition) is 16. The van der Waals surface area contributed by atoms with E-state index in [1.165, 1.54) is 12.1 Å². The summed E-state index contributed by atoms with van der Waals surface area (Å²) in [6.07, 6.45) is -4.54. The number of fused-ring (bicyclic) bond motifs is 2. The van der Waals surface area contributed by atoms with Crippen LogP contribution >= 0.6 is 0 Å². The van der Waals surface area contributed by atoms with Gasteiger partial charge in [-0.2, -0.15) is 0 Å². The van der Waals surface area contributed by atoms with Crippen LogP contribution in [0.5, 0.6) is 0 Å². The highest BCUT2D eigenvalue weighted by molar-refractivity contribution is 5.85. The molecule has 4 fully saturated rings. The minimum absolute atomic E-state index is 0.123. The Hall–Kier alpha value is -3.36. The number of ketones is 1. The molecular weight excluding hydrogens is 877 g/mol. The summed E-state index contributed by atoms with van der Waals surface area (Å²) >= 11 is 0. The number of amides is 1. The zero-order valence-electron chi connectivity index (χ0n) is 42.8. The van der Waals surface area contributed by atoms with E-state index in [4.69, 9.17) is 37.9 Å². The van der Waals surface area contributed by atoms with Crippen molar-refractivity contribution in [3.05, 3.63) is 42.1 Å². The highest BCUT2D eigenvalue weighted by Crippen LogP contribution is 2.44. The number of benzene rings is 1. The number of carbonyl (C=O) groups is 3. The van der Waals surface area contributed by atoms with Gasteiger partial charge in [0.1, 0.15) is 30.1 Å². The number of rotatable bonds is 13. The fraction of sp³-hybridized carbons (Fsp3) is 0.765. The fourth-order valence-corrected chi connectivity index (χ4v) is 11.5. The van der Waals surface area contributed by atoms with Gasteiger partial charge in [0.05, 0.1) is 47.1 Å². The van der Waals surface area contributed by atoms with E-state index in [1.807, 2.05) is 83.9 Å². The maximum Gasteiger partial charge on any atom is 0.425 e. The maximum absolute atomic E-state index is 15.1. The number of hydrazine groups is 1. The molecule has 4 aliphatic rings. The van der Waals surface area contributed by atoms with Crippen LogP contribution < -0.4 is 5.43 Å². The van der Waals surface area contributed by atoms with Gasteiger partial charge in [0.25, 0.3) is 0 Å². The minimum Gasteiger partial charge on any atom is -0.458 e. The summed E-state index contributed by atoms with van der Waals surface area (Å²) in [6.45, 7) is 18.5. The molecule has 68 heavy (non-hydrogen) atoms. The second-order valence-electron chi connectivity index (χ2n) is 20.8. The molecule has 0 spiro atoms. The number of pyridine rings is 1. The van der Waals surface area contributed by atoms with E-state index in [0.29, 0.717) is 25.8 Å². The van der Waals surface area contributed by atoms with Crippen LogP contribution in [0.2, 0.25) is 0 Å². The van der Waals surface area contributed by atoms with E-state index < -0.39 is 108 Å². The Balaban J connectivity index is 1.39. The van der Waals surface area contributed by atoms with E-state index in [2.05, 4.69) is 10.4 Å². The van der Waals surface area contributed by atoms with Crippen LogP contribution in [0.4, 0.5) is 4.79 Å². The first-order chi connectivity index (χ1) is 32.0. The maximum atomic E-state index is 15.1. The lowest BCUT2D eigenvalue weighted by Crippen LogP contribution is -2.62. The van der Waals surface area contributed by atoms with E-state index in [0.717, 1.165) is 16.5 Å². The Labute approximate surface area is 403 Å². The lowest BCUT2D eigenvalue weighted by atomic mass is 9.73. The van der Waals surface area contributed by atoms with E-state index >= 15 is 4.79 Å². The number of Topliss-reactive ketones (excluding diaryl/α,β-unsaturated/α-hetero) is 1. The molecule has 4 aliphatic heterocycles. The van der Waals surface area contributed by atoms with E-state index in [-0.39, 0.29) is 37.2 Å². The fourth-order valence-electron chi connectivity index (χ4n) is 11.5. The molecule has 0 radical (unpaired) electrons. The second-order valence-corrected chi connectivity index (χ2v) is 20.8. The summed E-state index contributed by atoms with van der Waals surface area (Å²) < 4.78 is 51.6. The van der Waals surface area contributed by atoms with Gasteiger partial charge in [-0.05, 0) is 105 Å². The van der Waals surface area contributed by atoms with Gasteiger partial charge in [-0.1, -0.05) is 45.9 Å². The Morgan fingerprint density at radius 2 is 1.60 bits per heavy atom. The molecule has 17 heteroatoms. The predicted octanol–water partition coefficient (Wildman–Crippen LogP) is 5.59. The highest BCUT2D eigenvalue weighted by Gasteiger charge is 2.61. The predicted molar refractivity (Wildman–Crippen MR) is 253 cm³/mol.